The molecule has 2 heteroatoms. The summed E-state index contributed by atoms with van der Waals surface area (Å²) in [6.45, 7) is 4.67. The van der Waals surface area contributed by atoms with Crippen molar-refractivity contribution in [2.45, 2.75) is 20.4 Å². The Morgan fingerprint density at radius 1 is 0.950 bits per heavy atom. The maximum absolute atomic E-state index is 12.3. The summed E-state index contributed by atoms with van der Waals surface area (Å²) in [6, 6.07) is 18.1. The van der Waals surface area contributed by atoms with E-state index in [4.69, 9.17) is 0 Å². The summed E-state index contributed by atoms with van der Waals surface area (Å²) in [4.78, 5) is 12.3. The van der Waals surface area contributed by atoms with Gasteiger partial charge in [-0.15, -0.1) is 0 Å². The van der Waals surface area contributed by atoms with E-state index < -0.39 is 0 Å². The standard InChI is InChI=1S/C18H17NO/c1-13-6-5-7-15(10-13)12-19-17-9-4-3-8-16(17)14(2)11-18(19)20/h3-11H,12H2,1-2H3. The van der Waals surface area contributed by atoms with Crippen molar-refractivity contribution in [3.05, 3.63) is 81.6 Å². The van der Waals surface area contributed by atoms with Crippen LogP contribution in [0.25, 0.3) is 10.9 Å². The van der Waals surface area contributed by atoms with Crippen LogP contribution < -0.4 is 5.56 Å². The lowest BCUT2D eigenvalue weighted by Gasteiger charge is -2.12. The number of aromatic nitrogens is 1. The van der Waals surface area contributed by atoms with Gasteiger partial charge in [-0.1, -0.05) is 48.0 Å². The normalized spacial score (nSPS) is 10.9. The minimum atomic E-state index is 0.0581. The third-order valence-corrected chi connectivity index (χ3v) is 3.65. The highest BCUT2D eigenvalue weighted by Crippen LogP contribution is 2.17. The first-order valence-electron chi connectivity index (χ1n) is 6.80. The number of nitrogens with zero attached hydrogens (tertiary/aromatic N) is 1. The first-order chi connectivity index (χ1) is 9.65. The highest BCUT2D eigenvalue weighted by atomic mass is 16.1. The predicted octanol–water partition coefficient (Wildman–Crippen LogP) is 3.67. The predicted molar refractivity (Wildman–Crippen MR) is 83.2 cm³/mol. The smallest absolute Gasteiger partial charge is 0.251 e. The van der Waals surface area contributed by atoms with E-state index in [0.717, 1.165) is 22.0 Å². The number of hydrogen-bond donors (Lipinski definition) is 0. The Labute approximate surface area is 118 Å². The summed E-state index contributed by atoms with van der Waals surface area (Å²) < 4.78 is 1.84. The zero-order chi connectivity index (χ0) is 14.1. The van der Waals surface area contributed by atoms with Crippen LogP contribution in [0.5, 0.6) is 0 Å². The quantitative estimate of drug-likeness (QED) is 0.691. The van der Waals surface area contributed by atoms with Gasteiger partial charge in [-0.25, -0.2) is 0 Å². The average Bonchev–Trinajstić information content (AvgIpc) is 2.43. The van der Waals surface area contributed by atoms with Crippen LogP contribution in [0, 0.1) is 13.8 Å². The average molecular weight is 263 g/mol. The largest absolute Gasteiger partial charge is 0.304 e. The summed E-state index contributed by atoms with van der Waals surface area (Å²) in [5.74, 6) is 0. The Bertz CT molecular complexity index is 830. The van der Waals surface area contributed by atoms with Crippen molar-refractivity contribution in [1.82, 2.24) is 4.57 Å². The molecule has 0 aliphatic heterocycles. The molecule has 0 spiro atoms. The highest BCUT2D eigenvalue weighted by Gasteiger charge is 2.06. The number of pyridine rings is 1. The fourth-order valence-corrected chi connectivity index (χ4v) is 2.66. The van der Waals surface area contributed by atoms with Gasteiger partial charge in [0.05, 0.1) is 12.1 Å². The lowest BCUT2D eigenvalue weighted by molar-refractivity contribution is 0.792. The number of fused-ring (bicyclic) bond motifs is 1. The van der Waals surface area contributed by atoms with Gasteiger partial charge in [0.1, 0.15) is 0 Å². The minimum Gasteiger partial charge on any atom is -0.304 e. The Morgan fingerprint density at radius 2 is 1.75 bits per heavy atom. The van der Waals surface area contributed by atoms with Crippen LogP contribution in [0.15, 0.2) is 59.4 Å². The van der Waals surface area contributed by atoms with Gasteiger partial charge in [-0.3, -0.25) is 4.79 Å². The van der Waals surface area contributed by atoms with Crippen molar-refractivity contribution >= 4 is 10.9 Å². The molecule has 0 aliphatic rings. The van der Waals surface area contributed by atoms with Crippen LogP contribution in [0.1, 0.15) is 16.7 Å². The maximum atomic E-state index is 12.3. The van der Waals surface area contributed by atoms with Gasteiger partial charge in [-0.2, -0.15) is 0 Å². The van der Waals surface area contributed by atoms with E-state index in [1.807, 2.05) is 35.8 Å². The Kier molecular flexibility index (Phi) is 3.15. The molecule has 0 bridgehead atoms. The van der Waals surface area contributed by atoms with E-state index in [-0.39, 0.29) is 5.56 Å². The lowest BCUT2D eigenvalue weighted by atomic mass is 10.1. The van der Waals surface area contributed by atoms with Gasteiger partial charge in [0.25, 0.3) is 5.56 Å². The zero-order valence-electron chi connectivity index (χ0n) is 11.8. The number of para-hydroxylation sites is 1. The molecule has 1 heterocycles. The van der Waals surface area contributed by atoms with Gasteiger partial charge >= 0.3 is 0 Å². The van der Waals surface area contributed by atoms with Crippen LogP contribution in [0.2, 0.25) is 0 Å². The summed E-state index contributed by atoms with van der Waals surface area (Å²) in [5, 5.41) is 1.14. The second-order valence-electron chi connectivity index (χ2n) is 5.26. The molecule has 0 radical (unpaired) electrons. The third kappa shape index (κ3) is 2.25. The molecule has 3 aromatic rings. The van der Waals surface area contributed by atoms with Gasteiger partial charge in [-0.05, 0) is 31.0 Å². The maximum Gasteiger partial charge on any atom is 0.251 e. The Morgan fingerprint density at radius 3 is 2.55 bits per heavy atom. The molecule has 20 heavy (non-hydrogen) atoms. The van der Waals surface area contributed by atoms with Crippen molar-refractivity contribution in [2.24, 2.45) is 0 Å². The molecule has 3 rings (SSSR count). The molecule has 2 nitrogen and oxygen atoms in total. The first kappa shape index (κ1) is 12.7. The molecule has 1 aromatic heterocycles. The van der Waals surface area contributed by atoms with Crippen LogP contribution in [-0.2, 0) is 6.54 Å². The molecule has 0 atom stereocenters. The SMILES string of the molecule is Cc1cccc(Cn2c(=O)cc(C)c3ccccc32)c1. The van der Waals surface area contributed by atoms with E-state index in [0.29, 0.717) is 6.54 Å². The fourth-order valence-electron chi connectivity index (χ4n) is 2.66. The summed E-state index contributed by atoms with van der Waals surface area (Å²) >= 11 is 0. The van der Waals surface area contributed by atoms with Crippen LogP contribution >= 0.6 is 0 Å². The fraction of sp³-hybridized carbons (Fsp3) is 0.167. The Hall–Kier alpha value is -2.35. The summed E-state index contributed by atoms with van der Waals surface area (Å²) in [6.07, 6.45) is 0. The van der Waals surface area contributed by atoms with Crippen molar-refractivity contribution in [3.63, 3.8) is 0 Å². The van der Waals surface area contributed by atoms with E-state index in [9.17, 15) is 4.79 Å². The number of benzene rings is 2. The molecular formula is C18H17NO. The van der Waals surface area contributed by atoms with Crippen LogP contribution in [0.3, 0.4) is 0 Å². The van der Waals surface area contributed by atoms with Crippen molar-refractivity contribution < 1.29 is 0 Å². The van der Waals surface area contributed by atoms with E-state index in [1.165, 1.54) is 5.56 Å². The second kappa shape index (κ2) is 4.97. The van der Waals surface area contributed by atoms with Crippen molar-refractivity contribution in [2.75, 3.05) is 0 Å². The molecular weight excluding hydrogens is 246 g/mol. The molecule has 2 aromatic carbocycles. The van der Waals surface area contributed by atoms with E-state index >= 15 is 0 Å². The minimum absolute atomic E-state index is 0.0581. The second-order valence-corrected chi connectivity index (χ2v) is 5.26. The summed E-state index contributed by atoms with van der Waals surface area (Å²) in [7, 11) is 0. The van der Waals surface area contributed by atoms with Gasteiger partial charge < -0.3 is 4.57 Å². The monoisotopic (exact) mass is 263 g/mol. The van der Waals surface area contributed by atoms with Crippen LogP contribution in [0.4, 0.5) is 0 Å². The first-order valence-corrected chi connectivity index (χ1v) is 6.80. The van der Waals surface area contributed by atoms with E-state index in [1.54, 1.807) is 6.07 Å². The number of hydrogen-bond acceptors (Lipinski definition) is 1. The molecule has 0 fully saturated rings. The molecule has 0 N–H and O–H groups in total. The van der Waals surface area contributed by atoms with Crippen molar-refractivity contribution in [3.8, 4) is 0 Å². The molecule has 0 saturated heterocycles. The van der Waals surface area contributed by atoms with E-state index in [2.05, 4.69) is 31.2 Å². The third-order valence-electron chi connectivity index (χ3n) is 3.65. The number of rotatable bonds is 2. The van der Waals surface area contributed by atoms with Gasteiger partial charge in [0, 0.05) is 11.5 Å². The van der Waals surface area contributed by atoms with Gasteiger partial charge in [0.2, 0.25) is 0 Å². The lowest BCUT2D eigenvalue weighted by Crippen LogP contribution is -2.20. The molecule has 0 aliphatic carbocycles. The van der Waals surface area contributed by atoms with Crippen LogP contribution in [-0.4, -0.2) is 4.57 Å². The number of aryl methyl sites for hydroxylation is 2. The Balaban J connectivity index is 2.19. The highest BCUT2D eigenvalue weighted by molar-refractivity contribution is 5.82. The molecule has 0 amide bonds. The zero-order valence-corrected chi connectivity index (χ0v) is 11.8. The molecule has 100 valence electrons. The summed E-state index contributed by atoms with van der Waals surface area (Å²) in [5.41, 5.74) is 4.46. The molecule has 0 unspecified atom stereocenters. The molecule has 0 saturated carbocycles. The van der Waals surface area contributed by atoms with Gasteiger partial charge in [0.15, 0.2) is 0 Å². The van der Waals surface area contributed by atoms with Crippen molar-refractivity contribution in [1.29, 1.82) is 0 Å². The topological polar surface area (TPSA) is 22.0 Å².